The lowest BCUT2D eigenvalue weighted by Crippen LogP contribution is -2.72. The Morgan fingerprint density at radius 3 is 1.90 bits per heavy atom. The first kappa shape index (κ1) is 16.6. The minimum atomic E-state index is -6.41. The van der Waals surface area contributed by atoms with Crippen LogP contribution in [0.1, 0.15) is 0 Å². The van der Waals surface area contributed by atoms with Crippen molar-refractivity contribution in [1.82, 2.24) is 0 Å². The molecule has 1 rings (SSSR count). The smallest absolute Gasteiger partial charge is 0.399 e. The maximum atomic E-state index is 12.3. The Kier molecular flexibility index (Phi) is 4.25. The first-order valence-electron chi connectivity index (χ1n) is 4.72. The minimum absolute atomic E-state index is 0.424. The lowest BCUT2D eigenvalue weighted by molar-refractivity contribution is -0.573. The number of alkyl halides is 6. The van der Waals surface area contributed by atoms with Crippen LogP contribution in [0, 0.1) is 0 Å². The summed E-state index contributed by atoms with van der Waals surface area (Å²) in [5, 5.41) is 10.6. The molecular formula is C10H4ClF6O3-. The summed E-state index contributed by atoms with van der Waals surface area (Å²) in [7, 11) is 0. The molecule has 0 saturated carbocycles. The predicted molar refractivity (Wildman–Crippen MR) is 51.9 cm³/mol. The van der Waals surface area contributed by atoms with Crippen LogP contribution in [0.3, 0.4) is 0 Å². The fourth-order valence-electron chi connectivity index (χ4n) is 1.09. The van der Waals surface area contributed by atoms with Crippen LogP contribution in [-0.2, 0) is 4.79 Å². The SMILES string of the molecule is O=C(Oc1ccccc1Cl)C([O-])(C(F)(F)F)C(F)(F)F. The molecule has 3 nitrogen and oxygen atoms in total. The van der Waals surface area contributed by atoms with Gasteiger partial charge in [0.05, 0.1) is 5.02 Å². The topological polar surface area (TPSA) is 49.4 Å². The summed E-state index contributed by atoms with van der Waals surface area (Å²) >= 11 is 5.41. The number of ether oxygens (including phenoxy) is 1. The highest BCUT2D eigenvalue weighted by Crippen LogP contribution is 2.42. The van der Waals surface area contributed by atoms with Gasteiger partial charge in [0.25, 0.3) is 0 Å². The third kappa shape index (κ3) is 2.83. The first-order chi connectivity index (χ1) is 8.91. The average molecular weight is 322 g/mol. The number of esters is 1. The fourth-order valence-corrected chi connectivity index (χ4v) is 1.27. The van der Waals surface area contributed by atoms with Crippen LogP contribution in [0.5, 0.6) is 5.75 Å². The highest BCUT2D eigenvalue weighted by Gasteiger charge is 2.68. The van der Waals surface area contributed by atoms with Crippen molar-refractivity contribution in [3.63, 3.8) is 0 Å². The fraction of sp³-hybridized carbons (Fsp3) is 0.300. The zero-order chi connectivity index (χ0) is 15.8. The van der Waals surface area contributed by atoms with E-state index in [4.69, 9.17) is 11.6 Å². The van der Waals surface area contributed by atoms with Crippen LogP contribution < -0.4 is 9.84 Å². The van der Waals surface area contributed by atoms with Crippen molar-refractivity contribution in [3.8, 4) is 5.75 Å². The van der Waals surface area contributed by atoms with E-state index in [9.17, 15) is 36.2 Å². The number of para-hydroxylation sites is 1. The maximum absolute atomic E-state index is 12.3. The number of halogens is 7. The molecule has 0 bridgehead atoms. The van der Waals surface area contributed by atoms with Gasteiger partial charge < -0.3 is 9.84 Å². The third-order valence-corrected chi connectivity index (χ3v) is 2.44. The molecule has 0 spiro atoms. The molecule has 0 N–H and O–H groups in total. The molecule has 0 aliphatic heterocycles. The molecule has 0 unspecified atom stereocenters. The Morgan fingerprint density at radius 2 is 1.50 bits per heavy atom. The lowest BCUT2D eigenvalue weighted by Gasteiger charge is -2.40. The molecule has 0 aromatic heterocycles. The van der Waals surface area contributed by atoms with E-state index < -0.39 is 34.7 Å². The van der Waals surface area contributed by atoms with Gasteiger partial charge in [-0.3, -0.25) is 4.79 Å². The van der Waals surface area contributed by atoms with E-state index in [0.29, 0.717) is 0 Å². The molecule has 1 aromatic rings. The summed E-state index contributed by atoms with van der Waals surface area (Å²) in [4.78, 5) is 11.0. The van der Waals surface area contributed by atoms with Gasteiger partial charge in [-0.2, -0.15) is 26.3 Å². The lowest BCUT2D eigenvalue weighted by atomic mass is 10.0. The number of hydrogen-bond donors (Lipinski definition) is 0. The third-order valence-electron chi connectivity index (χ3n) is 2.13. The van der Waals surface area contributed by atoms with Crippen LogP contribution >= 0.6 is 11.6 Å². The highest BCUT2D eigenvalue weighted by molar-refractivity contribution is 6.32. The molecule has 0 aliphatic carbocycles. The van der Waals surface area contributed by atoms with Crippen molar-refractivity contribution in [1.29, 1.82) is 0 Å². The van der Waals surface area contributed by atoms with Crippen molar-refractivity contribution < 1.29 is 41.0 Å². The van der Waals surface area contributed by atoms with E-state index in [1.54, 1.807) is 0 Å². The van der Waals surface area contributed by atoms with Crippen LogP contribution in [-0.4, -0.2) is 23.9 Å². The van der Waals surface area contributed by atoms with Gasteiger partial charge in [-0.25, -0.2) is 0 Å². The van der Waals surface area contributed by atoms with Gasteiger partial charge >= 0.3 is 18.3 Å². The summed E-state index contributed by atoms with van der Waals surface area (Å²) in [5.74, 6) is -3.83. The number of benzene rings is 1. The molecule has 112 valence electrons. The quantitative estimate of drug-likeness (QED) is 0.478. The Hall–Kier alpha value is -1.48. The number of carbonyl (C=O) groups is 1. The Morgan fingerprint density at radius 1 is 1.05 bits per heavy atom. The summed E-state index contributed by atoms with van der Waals surface area (Å²) in [6, 6.07) is 4.32. The maximum Gasteiger partial charge on any atom is 0.399 e. The zero-order valence-electron chi connectivity index (χ0n) is 9.18. The van der Waals surface area contributed by atoms with E-state index >= 15 is 0 Å². The molecular weight excluding hydrogens is 318 g/mol. The number of hydrogen-bond acceptors (Lipinski definition) is 3. The Balaban J connectivity index is 3.19. The van der Waals surface area contributed by atoms with E-state index in [2.05, 4.69) is 4.74 Å². The van der Waals surface area contributed by atoms with Crippen LogP contribution in [0.4, 0.5) is 26.3 Å². The highest BCUT2D eigenvalue weighted by atomic mass is 35.5. The van der Waals surface area contributed by atoms with Gasteiger partial charge in [-0.05, 0) is 12.1 Å². The Labute approximate surface area is 112 Å². The van der Waals surface area contributed by atoms with Crippen molar-refractivity contribution in [2.75, 3.05) is 0 Å². The second-order valence-corrected chi connectivity index (χ2v) is 3.90. The van der Waals surface area contributed by atoms with Crippen molar-refractivity contribution in [2.24, 2.45) is 0 Å². The molecule has 0 amide bonds. The zero-order valence-corrected chi connectivity index (χ0v) is 9.94. The average Bonchev–Trinajstić information content (AvgIpc) is 2.28. The minimum Gasteiger partial charge on any atom is -0.828 e. The summed E-state index contributed by atoms with van der Waals surface area (Å²) in [5.41, 5.74) is -5.89. The van der Waals surface area contributed by atoms with Crippen molar-refractivity contribution in [2.45, 2.75) is 18.0 Å². The molecule has 0 heterocycles. The number of carbonyl (C=O) groups excluding carboxylic acids is 1. The first-order valence-corrected chi connectivity index (χ1v) is 5.09. The molecule has 0 radical (unpaired) electrons. The predicted octanol–water partition coefficient (Wildman–Crippen LogP) is 2.47. The van der Waals surface area contributed by atoms with Gasteiger partial charge in [0.1, 0.15) is 5.75 Å². The van der Waals surface area contributed by atoms with E-state index in [0.717, 1.165) is 18.2 Å². The van der Waals surface area contributed by atoms with Gasteiger partial charge in [-0.15, -0.1) is 0 Å². The van der Waals surface area contributed by atoms with Crippen molar-refractivity contribution >= 4 is 17.6 Å². The monoisotopic (exact) mass is 321 g/mol. The van der Waals surface area contributed by atoms with Gasteiger partial charge in [-0.1, -0.05) is 23.7 Å². The van der Waals surface area contributed by atoms with Gasteiger partial charge in [0.15, 0.2) is 5.60 Å². The van der Waals surface area contributed by atoms with Crippen LogP contribution in [0.2, 0.25) is 5.02 Å². The summed E-state index contributed by atoms with van der Waals surface area (Å²) < 4.78 is 77.6. The van der Waals surface area contributed by atoms with E-state index in [-0.39, 0.29) is 0 Å². The Bertz CT molecular complexity index is 496. The molecule has 20 heavy (non-hydrogen) atoms. The normalized spacial score (nSPS) is 13.2. The summed E-state index contributed by atoms with van der Waals surface area (Å²) in [6.45, 7) is 0. The standard InChI is InChI=1S/C10H4ClF6O3/c11-5-3-1-2-4-6(5)20-7(18)8(19,9(12,13)14)10(15,16)17/h1-4H/q-1. The van der Waals surface area contributed by atoms with Crippen molar-refractivity contribution in [3.05, 3.63) is 29.3 Å². The van der Waals surface area contributed by atoms with E-state index in [1.165, 1.54) is 6.07 Å². The number of rotatable bonds is 2. The molecule has 0 fully saturated rings. The molecule has 10 heteroatoms. The van der Waals surface area contributed by atoms with Gasteiger partial charge in [0.2, 0.25) is 0 Å². The molecule has 0 aliphatic rings. The summed E-state index contributed by atoms with van der Waals surface area (Å²) in [6.07, 6.45) is -12.8. The van der Waals surface area contributed by atoms with Crippen LogP contribution in [0.25, 0.3) is 0 Å². The van der Waals surface area contributed by atoms with Crippen LogP contribution in [0.15, 0.2) is 24.3 Å². The second kappa shape index (κ2) is 5.13. The molecule has 1 aromatic carbocycles. The molecule has 0 saturated heterocycles. The largest absolute Gasteiger partial charge is 0.828 e. The molecule has 0 atom stereocenters. The van der Waals surface area contributed by atoms with E-state index in [1.807, 2.05) is 0 Å². The second-order valence-electron chi connectivity index (χ2n) is 3.50. The van der Waals surface area contributed by atoms with Gasteiger partial charge in [0, 0.05) is 0 Å².